The molecule has 6 heteroatoms. The molecule has 3 N–H and O–H groups in total. The second-order valence-electron chi connectivity index (χ2n) is 3.71. The molecule has 1 aromatic carbocycles. The van der Waals surface area contributed by atoms with E-state index in [0.717, 1.165) is 11.1 Å². The summed E-state index contributed by atoms with van der Waals surface area (Å²) in [6.07, 6.45) is -0.725. The Bertz CT molecular complexity index is 450. The van der Waals surface area contributed by atoms with Gasteiger partial charge in [-0.05, 0) is 38.0 Å². The molecule has 0 saturated heterocycles. The predicted octanol–water partition coefficient (Wildman–Crippen LogP) is 2.37. The molecule has 0 fully saturated rings. The maximum atomic E-state index is 11.2. The van der Waals surface area contributed by atoms with Crippen LogP contribution in [0.4, 0.5) is 0 Å². The molecule has 1 unspecified atom stereocenters. The highest BCUT2D eigenvalue weighted by molar-refractivity contribution is 6.37. The number of rotatable bonds is 3. The van der Waals surface area contributed by atoms with E-state index in [-0.39, 0.29) is 0 Å². The van der Waals surface area contributed by atoms with E-state index in [4.69, 9.17) is 33.8 Å². The molecule has 0 bridgehead atoms. The second kappa shape index (κ2) is 5.58. The smallest absolute Gasteiger partial charge is 0.274 e. The van der Waals surface area contributed by atoms with E-state index in [1.807, 2.05) is 12.3 Å². The lowest BCUT2D eigenvalue weighted by Gasteiger charge is -2.16. The molecule has 0 aromatic heterocycles. The van der Waals surface area contributed by atoms with Gasteiger partial charge in [-0.25, -0.2) is 5.84 Å². The first-order chi connectivity index (χ1) is 7.88. The summed E-state index contributed by atoms with van der Waals surface area (Å²) in [5, 5.41) is 0.996. The molecule has 17 heavy (non-hydrogen) atoms. The van der Waals surface area contributed by atoms with Crippen molar-refractivity contribution in [2.75, 3.05) is 0 Å². The second-order valence-corrected chi connectivity index (χ2v) is 4.47. The molecule has 1 aromatic rings. The molecule has 0 spiro atoms. The minimum atomic E-state index is -0.725. The van der Waals surface area contributed by atoms with Gasteiger partial charge in [0.05, 0.1) is 5.02 Å². The van der Waals surface area contributed by atoms with Gasteiger partial charge in [-0.2, -0.15) is 0 Å². The zero-order chi connectivity index (χ0) is 13.2. The lowest BCUT2D eigenvalue weighted by molar-refractivity contribution is -0.127. The zero-order valence-electron chi connectivity index (χ0n) is 9.80. The van der Waals surface area contributed by atoms with Crippen molar-refractivity contribution in [3.63, 3.8) is 0 Å². The Labute approximate surface area is 110 Å². The number of carbonyl (C=O) groups is 1. The number of carbonyl (C=O) groups excluding carboxylic acids is 1. The summed E-state index contributed by atoms with van der Waals surface area (Å²) in [7, 11) is 0. The van der Waals surface area contributed by atoms with Crippen molar-refractivity contribution in [1.82, 2.24) is 5.43 Å². The fourth-order valence-corrected chi connectivity index (χ4v) is 1.74. The van der Waals surface area contributed by atoms with Crippen LogP contribution < -0.4 is 16.0 Å². The third-order valence-electron chi connectivity index (χ3n) is 2.38. The van der Waals surface area contributed by atoms with E-state index in [0.29, 0.717) is 15.8 Å². The number of halogens is 2. The molecule has 94 valence electrons. The Hall–Kier alpha value is -0.970. The summed E-state index contributed by atoms with van der Waals surface area (Å²) >= 11 is 12.1. The van der Waals surface area contributed by atoms with Crippen molar-refractivity contribution >= 4 is 29.1 Å². The van der Waals surface area contributed by atoms with Crippen LogP contribution in [0.2, 0.25) is 10.0 Å². The first kappa shape index (κ1) is 14.1. The average Bonchev–Trinajstić information content (AvgIpc) is 2.32. The van der Waals surface area contributed by atoms with E-state index < -0.39 is 12.0 Å². The molecule has 0 aliphatic carbocycles. The molecule has 1 amide bonds. The minimum absolute atomic E-state index is 0.400. The van der Waals surface area contributed by atoms with Crippen LogP contribution in [0.1, 0.15) is 18.1 Å². The Morgan fingerprint density at radius 3 is 2.53 bits per heavy atom. The van der Waals surface area contributed by atoms with E-state index in [1.165, 1.54) is 0 Å². The van der Waals surface area contributed by atoms with Gasteiger partial charge in [0.15, 0.2) is 6.10 Å². The zero-order valence-corrected chi connectivity index (χ0v) is 11.3. The highest BCUT2D eigenvalue weighted by Gasteiger charge is 2.17. The lowest BCUT2D eigenvalue weighted by Crippen LogP contribution is -2.40. The van der Waals surface area contributed by atoms with Crippen LogP contribution in [0, 0.1) is 13.8 Å². The number of ether oxygens (including phenoxy) is 1. The van der Waals surface area contributed by atoms with E-state index in [9.17, 15) is 4.79 Å². The number of benzene rings is 1. The SMILES string of the molecule is Cc1cc(OC(C)C(=O)NN)c(Cl)c(C)c1Cl. The van der Waals surface area contributed by atoms with Crippen molar-refractivity contribution in [1.29, 1.82) is 0 Å². The molecule has 0 heterocycles. The molecule has 1 rings (SSSR count). The molecule has 0 radical (unpaired) electrons. The first-order valence-electron chi connectivity index (χ1n) is 5.00. The summed E-state index contributed by atoms with van der Waals surface area (Å²) in [5.41, 5.74) is 3.57. The number of hydrogen-bond acceptors (Lipinski definition) is 3. The van der Waals surface area contributed by atoms with Gasteiger partial charge in [0.2, 0.25) is 0 Å². The van der Waals surface area contributed by atoms with Crippen LogP contribution in [0.15, 0.2) is 6.07 Å². The van der Waals surface area contributed by atoms with Crippen molar-refractivity contribution < 1.29 is 9.53 Å². The lowest BCUT2D eigenvalue weighted by atomic mass is 10.1. The van der Waals surface area contributed by atoms with Crippen molar-refractivity contribution in [3.05, 3.63) is 27.2 Å². The summed E-state index contributed by atoms with van der Waals surface area (Å²) in [5.74, 6) is 5.01. The highest BCUT2D eigenvalue weighted by atomic mass is 35.5. The van der Waals surface area contributed by atoms with Crippen LogP contribution in [-0.2, 0) is 4.79 Å². The predicted molar refractivity (Wildman–Crippen MR) is 68.4 cm³/mol. The van der Waals surface area contributed by atoms with Crippen LogP contribution in [-0.4, -0.2) is 12.0 Å². The third-order valence-corrected chi connectivity index (χ3v) is 3.44. The van der Waals surface area contributed by atoms with Gasteiger partial charge in [0.25, 0.3) is 5.91 Å². The number of amides is 1. The van der Waals surface area contributed by atoms with Crippen LogP contribution in [0.5, 0.6) is 5.75 Å². The topological polar surface area (TPSA) is 64.3 Å². The fourth-order valence-electron chi connectivity index (χ4n) is 1.35. The van der Waals surface area contributed by atoms with Crippen LogP contribution >= 0.6 is 23.2 Å². The third kappa shape index (κ3) is 3.03. The van der Waals surface area contributed by atoms with Crippen molar-refractivity contribution in [2.24, 2.45) is 5.84 Å². The average molecular weight is 277 g/mol. The van der Waals surface area contributed by atoms with Crippen molar-refractivity contribution in [2.45, 2.75) is 26.9 Å². The Kier molecular flexibility index (Phi) is 4.62. The Morgan fingerprint density at radius 2 is 2.00 bits per heavy atom. The standard InChI is InChI=1S/C11H14Cl2N2O2/c1-5-4-8(10(13)6(2)9(5)12)17-7(3)11(16)15-14/h4,7H,14H2,1-3H3,(H,15,16). The van der Waals surface area contributed by atoms with E-state index in [1.54, 1.807) is 19.9 Å². The molecular weight excluding hydrogens is 263 g/mol. The number of aryl methyl sites for hydroxylation is 1. The Balaban J connectivity index is 3.04. The van der Waals surface area contributed by atoms with Gasteiger partial charge in [-0.3, -0.25) is 10.2 Å². The summed E-state index contributed by atoms with van der Waals surface area (Å²) in [6.45, 7) is 5.21. The number of nitrogens with two attached hydrogens (primary N) is 1. The fraction of sp³-hybridized carbons (Fsp3) is 0.364. The van der Waals surface area contributed by atoms with Crippen molar-refractivity contribution in [3.8, 4) is 5.75 Å². The maximum absolute atomic E-state index is 11.2. The quantitative estimate of drug-likeness (QED) is 0.506. The van der Waals surface area contributed by atoms with Gasteiger partial charge in [-0.1, -0.05) is 23.2 Å². The number of hydrogen-bond donors (Lipinski definition) is 2. The van der Waals surface area contributed by atoms with Gasteiger partial charge in [-0.15, -0.1) is 0 Å². The molecule has 4 nitrogen and oxygen atoms in total. The normalized spacial score (nSPS) is 12.1. The molecule has 0 aliphatic rings. The van der Waals surface area contributed by atoms with Crippen LogP contribution in [0.3, 0.4) is 0 Å². The largest absolute Gasteiger partial charge is 0.479 e. The highest BCUT2D eigenvalue weighted by Crippen LogP contribution is 2.35. The van der Waals surface area contributed by atoms with Gasteiger partial charge < -0.3 is 4.74 Å². The molecule has 0 aliphatic heterocycles. The first-order valence-corrected chi connectivity index (χ1v) is 5.76. The van der Waals surface area contributed by atoms with E-state index >= 15 is 0 Å². The van der Waals surface area contributed by atoms with Gasteiger partial charge in [0.1, 0.15) is 5.75 Å². The molecule has 0 saturated carbocycles. The summed E-state index contributed by atoms with van der Waals surface area (Å²) < 4.78 is 5.43. The maximum Gasteiger partial charge on any atom is 0.274 e. The van der Waals surface area contributed by atoms with E-state index in [2.05, 4.69) is 0 Å². The van der Waals surface area contributed by atoms with Gasteiger partial charge >= 0.3 is 0 Å². The minimum Gasteiger partial charge on any atom is -0.479 e. The monoisotopic (exact) mass is 276 g/mol. The van der Waals surface area contributed by atoms with Crippen LogP contribution in [0.25, 0.3) is 0 Å². The molecular formula is C11H14Cl2N2O2. The summed E-state index contributed by atoms with van der Waals surface area (Å²) in [4.78, 5) is 11.2. The number of hydrazine groups is 1. The van der Waals surface area contributed by atoms with Gasteiger partial charge in [0, 0.05) is 5.02 Å². The summed E-state index contributed by atoms with van der Waals surface area (Å²) in [6, 6.07) is 1.69. The number of nitrogens with one attached hydrogen (secondary N) is 1. The molecule has 1 atom stereocenters. The Morgan fingerprint density at radius 1 is 1.41 bits per heavy atom.